The summed E-state index contributed by atoms with van der Waals surface area (Å²) >= 11 is 0. The van der Waals surface area contributed by atoms with Crippen LogP contribution in [-0.2, 0) is 23.8 Å². The number of esters is 2. The van der Waals surface area contributed by atoms with Crippen LogP contribution < -0.4 is 5.32 Å². The summed E-state index contributed by atoms with van der Waals surface area (Å²) in [4.78, 5) is 36.7. The first-order valence-corrected chi connectivity index (χ1v) is 12.2. The Kier molecular flexibility index (Phi) is 8.14. The molecule has 3 heterocycles. The molecule has 0 amide bonds. The SMILES string of the molecule is CCCC(=O)OC[C@H]1O[C@@H](n2cnc3c(N[C@H]4CCC[C@@H]4OC(=O)CCC)ncnc32)[C@H](O)[C@H]1O. The molecule has 0 bridgehead atoms. The van der Waals surface area contributed by atoms with Gasteiger partial charge < -0.3 is 29.7 Å². The lowest BCUT2D eigenvalue weighted by Gasteiger charge is -2.22. The zero-order valence-electron chi connectivity index (χ0n) is 20.0. The number of anilines is 1. The van der Waals surface area contributed by atoms with Crippen molar-refractivity contribution in [3.05, 3.63) is 12.7 Å². The fraction of sp³-hybridized carbons (Fsp3) is 0.696. The topological polar surface area (TPSA) is 158 Å². The van der Waals surface area contributed by atoms with Crippen LogP contribution in [0.15, 0.2) is 12.7 Å². The number of carbonyl (C=O) groups excluding carboxylic acids is 2. The van der Waals surface area contributed by atoms with Gasteiger partial charge in [-0.3, -0.25) is 14.2 Å². The van der Waals surface area contributed by atoms with Crippen LogP contribution in [0.3, 0.4) is 0 Å². The van der Waals surface area contributed by atoms with Gasteiger partial charge in [-0.15, -0.1) is 0 Å². The minimum absolute atomic E-state index is 0.101. The minimum atomic E-state index is -1.27. The number of carbonyl (C=O) groups is 2. The number of imidazole rings is 1. The number of hydrogen-bond acceptors (Lipinski definition) is 11. The van der Waals surface area contributed by atoms with E-state index in [0.717, 1.165) is 25.7 Å². The fourth-order valence-electron chi connectivity index (χ4n) is 4.53. The van der Waals surface area contributed by atoms with Crippen molar-refractivity contribution in [1.82, 2.24) is 19.5 Å². The molecule has 35 heavy (non-hydrogen) atoms. The highest BCUT2D eigenvalue weighted by atomic mass is 16.6. The molecule has 2 fully saturated rings. The van der Waals surface area contributed by atoms with Crippen LogP contribution in [-0.4, -0.2) is 78.7 Å². The molecule has 192 valence electrons. The van der Waals surface area contributed by atoms with Gasteiger partial charge in [-0.25, -0.2) is 15.0 Å². The van der Waals surface area contributed by atoms with E-state index in [1.165, 1.54) is 17.2 Å². The van der Waals surface area contributed by atoms with Crippen molar-refractivity contribution < 1.29 is 34.0 Å². The van der Waals surface area contributed by atoms with E-state index in [4.69, 9.17) is 14.2 Å². The Morgan fingerprint density at radius 2 is 1.89 bits per heavy atom. The Morgan fingerprint density at radius 1 is 1.11 bits per heavy atom. The van der Waals surface area contributed by atoms with Gasteiger partial charge >= 0.3 is 11.9 Å². The molecule has 12 heteroatoms. The molecule has 0 radical (unpaired) electrons. The fourth-order valence-corrected chi connectivity index (χ4v) is 4.53. The third-order valence-electron chi connectivity index (χ3n) is 6.34. The number of aliphatic hydroxyl groups excluding tert-OH is 2. The average Bonchev–Trinajstić information content (AvgIpc) is 3.52. The van der Waals surface area contributed by atoms with E-state index >= 15 is 0 Å². The second kappa shape index (κ2) is 11.3. The number of aromatic nitrogens is 4. The van der Waals surface area contributed by atoms with Crippen molar-refractivity contribution in [2.45, 2.75) is 95.5 Å². The number of nitrogens with zero attached hydrogens (tertiary/aromatic N) is 4. The zero-order chi connectivity index (χ0) is 24.9. The van der Waals surface area contributed by atoms with E-state index in [9.17, 15) is 19.8 Å². The minimum Gasteiger partial charge on any atom is -0.463 e. The van der Waals surface area contributed by atoms with Crippen molar-refractivity contribution in [3.8, 4) is 0 Å². The maximum Gasteiger partial charge on any atom is 0.306 e. The van der Waals surface area contributed by atoms with Gasteiger partial charge in [0.2, 0.25) is 0 Å². The molecule has 12 nitrogen and oxygen atoms in total. The summed E-state index contributed by atoms with van der Waals surface area (Å²) in [6.07, 6.45) is 2.79. The Bertz CT molecular complexity index is 1030. The van der Waals surface area contributed by atoms with E-state index in [1.54, 1.807) is 0 Å². The summed E-state index contributed by atoms with van der Waals surface area (Å²) in [7, 11) is 0. The molecule has 1 saturated heterocycles. The van der Waals surface area contributed by atoms with Gasteiger partial charge in [-0.2, -0.15) is 0 Å². The first-order chi connectivity index (χ1) is 16.9. The quantitative estimate of drug-likeness (QED) is 0.413. The lowest BCUT2D eigenvalue weighted by atomic mass is 10.1. The molecule has 0 spiro atoms. The molecule has 6 atom stereocenters. The number of ether oxygens (including phenoxy) is 3. The average molecular weight is 492 g/mol. The molecule has 2 aromatic rings. The monoisotopic (exact) mass is 491 g/mol. The van der Waals surface area contributed by atoms with Crippen molar-refractivity contribution in [1.29, 1.82) is 0 Å². The van der Waals surface area contributed by atoms with Crippen LogP contribution in [0.4, 0.5) is 5.82 Å². The lowest BCUT2D eigenvalue weighted by Crippen LogP contribution is -2.34. The normalized spacial score (nSPS) is 28.3. The maximum absolute atomic E-state index is 12.0. The highest BCUT2D eigenvalue weighted by Gasteiger charge is 2.45. The first-order valence-electron chi connectivity index (χ1n) is 12.2. The van der Waals surface area contributed by atoms with Crippen molar-refractivity contribution in [3.63, 3.8) is 0 Å². The number of nitrogens with one attached hydrogen (secondary N) is 1. The van der Waals surface area contributed by atoms with Crippen molar-refractivity contribution >= 4 is 28.9 Å². The Balaban J connectivity index is 1.48. The molecule has 4 rings (SSSR count). The number of hydrogen-bond donors (Lipinski definition) is 3. The zero-order valence-corrected chi connectivity index (χ0v) is 20.0. The summed E-state index contributed by atoms with van der Waals surface area (Å²) in [5, 5.41) is 24.4. The van der Waals surface area contributed by atoms with Gasteiger partial charge in [0.1, 0.15) is 37.4 Å². The third kappa shape index (κ3) is 5.54. The molecular weight excluding hydrogens is 458 g/mol. The number of aliphatic hydroxyl groups is 2. The van der Waals surface area contributed by atoms with Crippen LogP contribution in [0, 0.1) is 0 Å². The number of rotatable bonds is 10. The second-order valence-electron chi connectivity index (χ2n) is 8.99. The van der Waals surface area contributed by atoms with Crippen molar-refractivity contribution in [2.24, 2.45) is 0 Å². The second-order valence-corrected chi connectivity index (χ2v) is 8.99. The molecular formula is C23H33N5O7. The summed E-state index contributed by atoms with van der Waals surface area (Å²) in [5.74, 6) is -0.109. The smallest absolute Gasteiger partial charge is 0.306 e. The standard InChI is InChI=1S/C23H33N5O7/c1-3-6-16(29)33-10-15-19(31)20(32)23(35-15)28-12-26-18-21(24-11-25-22(18)28)27-13-8-5-9-14(13)34-17(30)7-4-2/h11-15,19-20,23,31-32H,3-10H2,1-2H3,(H,24,25,27)/t13-,14-,15+,19-,20+,23+/m0/s1. The van der Waals surface area contributed by atoms with Crippen LogP contribution in [0.25, 0.3) is 11.2 Å². The maximum atomic E-state index is 12.0. The predicted octanol–water partition coefficient (Wildman–Crippen LogP) is 1.47. The molecule has 1 saturated carbocycles. The Hall–Kier alpha value is -2.83. The molecule has 1 aliphatic carbocycles. The molecule has 2 aliphatic rings. The molecule has 1 aliphatic heterocycles. The van der Waals surface area contributed by atoms with E-state index < -0.39 is 24.5 Å². The van der Waals surface area contributed by atoms with E-state index in [1.807, 2.05) is 13.8 Å². The van der Waals surface area contributed by atoms with Gasteiger partial charge in [0.25, 0.3) is 0 Å². The van der Waals surface area contributed by atoms with E-state index in [2.05, 4.69) is 20.3 Å². The van der Waals surface area contributed by atoms with Gasteiger partial charge in [-0.1, -0.05) is 13.8 Å². The summed E-state index contributed by atoms with van der Waals surface area (Å²) in [5.41, 5.74) is 0.862. The summed E-state index contributed by atoms with van der Waals surface area (Å²) in [6.45, 7) is 3.63. The van der Waals surface area contributed by atoms with Gasteiger partial charge in [-0.05, 0) is 32.1 Å². The molecule has 0 unspecified atom stereocenters. The van der Waals surface area contributed by atoms with E-state index in [-0.39, 0.29) is 37.1 Å². The Morgan fingerprint density at radius 3 is 2.66 bits per heavy atom. The largest absolute Gasteiger partial charge is 0.463 e. The number of fused-ring (bicyclic) bond motifs is 1. The first kappa shape index (κ1) is 25.3. The lowest BCUT2D eigenvalue weighted by molar-refractivity contribution is -0.150. The van der Waals surface area contributed by atoms with Gasteiger partial charge in [0, 0.05) is 12.8 Å². The van der Waals surface area contributed by atoms with Crippen LogP contribution in [0.2, 0.25) is 0 Å². The molecule has 0 aromatic carbocycles. The highest BCUT2D eigenvalue weighted by Crippen LogP contribution is 2.33. The summed E-state index contributed by atoms with van der Waals surface area (Å²) < 4.78 is 18.2. The van der Waals surface area contributed by atoms with E-state index in [0.29, 0.717) is 29.8 Å². The Labute approximate surface area is 203 Å². The highest BCUT2D eigenvalue weighted by molar-refractivity contribution is 5.83. The van der Waals surface area contributed by atoms with Crippen molar-refractivity contribution in [2.75, 3.05) is 11.9 Å². The summed E-state index contributed by atoms with van der Waals surface area (Å²) in [6, 6.07) is -0.101. The molecule has 3 N–H and O–H groups in total. The predicted molar refractivity (Wildman–Crippen MR) is 123 cm³/mol. The van der Waals surface area contributed by atoms with Crippen LogP contribution in [0.5, 0.6) is 0 Å². The van der Waals surface area contributed by atoms with Crippen LogP contribution in [0.1, 0.15) is 65.0 Å². The molecule has 2 aromatic heterocycles. The van der Waals surface area contributed by atoms with Gasteiger partial charge in [0.05, 0.1) is 12.4 Å². The van der Waals surface area contributed by atoms with Gasteiger partial charge in [0.15, 0.2) is 23.2 Å². The third-order valence-corrected chi connectivity index (χ3v) is 6.34. The van der Waals surface area contributed by atoms with Crippen LogP contribution >= 0.6 is 0 Å².